The fourth-order valence-electron chi connectivity index (χ4n) is 5.14. The Morgan fingerprint density at radius 2 is 1.21 bits per heavy atom. The van der Waals surface area contributed by atoms with Gasteiger partial charge in [0.15, 0.2) is 0 Å². The maximum Gasteiger partial charge on any atom is 0.0956 e. The third-order valence-corrected chi connectivity index (χ3v) is 7.35. The first-order chi connectivity index (χ1) is 16.2. The molecule has 2 aromatic rings. The molecule has 0 aromatic heterocycles. The Hall–Kier alpha value is -1.85. The molecule has 5 rings (SSSR count). The Balaban J connectivity index is 1.61. The third-order valence-electron chi connectivity index (χ3n) is 6.85. The van der Waals surface area contributed by atoms with Crippen molar-refractivity contribution in [3.05, 3.63) is 69.7 Å². The van der Waals surface area contributed by atoms with Crippen LogP contribution in [0.5, 0.6) is 0 Å². The topological polar surface area (TPSA) is 22.1 Å². The zero-order valence-corrected chi connectivity index (χ0v) is 20.7. The van der Waals surface area contributed by atoms with Crippen LogP contribution >= 0.6 is 23.2 Å². The van der Waals surface area contributed by atoms with E-state index in [1.165, 1.54) is 63.0 Å². The van der Waals surface area contributed by atoms with Crippen LogP contribution in [0.15, 0.2) is 53.5 Å². The Morgan fingerprint density at radius 1 is 0.667 bits per heavy atom. The van der Waals surface area contributed by atoms with E-state index in [1.807, 2.05) is 24.3 Å². The summed E-state index contributed by atoms with van der Waals surface area (Å²) in [6, 6.07) is 16.3. The maximum atomic E-state index is 6.25. The summed E-state index contributed by atoms with van der Waals surface area (Å²) in [5, 5.41) is 6.53. The zero-order valence-electron chi connectivity index (χ0n) is 19.1. The Bertz CT molecular complexity index is 1000. The largest absolute Gasteiger partial charge is 0.298 e. The van der Waals surface area contributed by atoms with Crippen LogP contribution < -0.4 is 0 Å². The smallest absolute Gasteiger partial charge is 0.0956 e. The van der Waals surface area contributed by atoms with Crippen molar-refractivity contribution < 1.29 is 0 Å². The van der Waals surface area contributed by atoms with E-state index in [0.717, 1.165) is 53.0 Å². The van der Waals surface area contributed by atoms with E-state index in [-0.39, 0.29) is 0 Å². The molecule has 0 bridgehead atoms. The van der Waals surface area contributed by atoms with Gasteiger partial charge in [-0.25, -0.2) is 5.01 Å². The van der Waals surface area contributed by atoms with Crippen LogP contribution in [-0.4, -0.2) is 59.9 Å². The van der Waals surface area contributed by atoms with Crippen molar-refractivity contribution in [1.82, 2.24) is 14.9 Å². The summed E-state index contributed by atoms with van der Waals surface area (Å²) in [5.74, 6) is 0. The summed E-state index contributed by atoms with van der Waals surface area (Å²) >= 11 is 12.5. The van der Waals surface area contributed by atoms with E-state index in [4.69, 9.17) is 28.2 Å². The molecule has 0 N–H and O–H groups in total. The van der Waals surface area contributed by atoms with Gasteiger partial charge in [0.1, 0.15) is 0 Å². The first-order valence-corrected chi connectivity index (χ1v) is 13.0. The predicted molar refractivity (Wildman–Crippen MR) is 140 cm³/mol. The van der Waals surface area contributed by atoms with Gasteiger partial charge in [0.25, 0.3) is 0 Å². The van der Waals surface area contributed by atoms with Crippen LogP contribution in [0.2, 0.25) is 10.0 Å². The SMILES string of the molecule is Clc1ccc(C2=C(c3ccc(Cl)cc3)N(N3CCCCC3)CC(CN3CCCCC3)=N2)cc1. The van der Waals surface area contributed by atoms with E-state index in [0.29, 0.717) is 0 Å². The van der Waals surface area contributed by atoms with Crippen molar-refractivity contribution in [2.45, 2.75) is 38.5 Å². The Kier molecular flexibility index (Phi) is 7.37. The molecule has 3 aliphatic rings. The molecule has 0 spiro atoms. The molecule has 0 amide bonds. The summed E-state index contributed by atoms with van der Waals surface area (Å²) in [4.78, 5) is 7.88. The third kappa shape index (κ3) is 5.46. The maximum absolute atomic E-state index is 6.25. The van der Waals surface area contributed by atoms with Crippen molar-refractivity contribution in [2.24, 2.45) is 4.99 Å². The van der Waals surface area contributed by atoms with Gasteiger partial charge in [-0.05, 0) is 63.0 Å². The lowest BCUT2D eigenvalue weighted by Gasteiger charge is -2.43. The van der Waals surface area contributed by atoms with Crippen molar-refractivity contribution in [3.8, 4) is 0 Å². The number of rotatable bonds is 5. The number of hydrogen-bond acceptors (Lipinski definition) is 4. The second kappa shape index (κ2) is 10.6. The number of hydrogen-bond donors (Lipinski definition) is 0. The van der Waals surface area contributed by atoms with Crippen LogP contribution in [0.25, 0.3) is 11.4 Å². The molecule has 2 aromatic carbocycles. The molecule has 0 unspecified atom stereocenters. The molecule has 2 fully saturated rings. The summed E-state index contributed by atoms with van der Waals surface area (Å²) in [7, 11) is 0. The Labute approximate surface area is 207 Å². The summed E-state index contributed by atoms with van der Waals surface area (Å²) in [5.41, 5.74) is 5.68. The lowest BCUT2D eigenvalue weighted by atomic mass is 10.0. The highest BCUT2D eigenvalue weighted by Gasteiger charge is 2.30. The summed E-state index contributed by atoms with van der Waals surface area (Å²) in [6.45, 7) is 6.30. The minimum absolute atomic E-state index is 0.744. The average molecular weight is 483 g/mol. The van der Waals surface area contributed by atoms with Crippen LogP contribution in [0.3, 0.4) is 0 Å². The van der Waals surface area contributed by atoms with E-state index < -0.39 is 0 Å². The highest BCUT2D eigenvalue weighted by Crippen LogP contribution is 2.36. The van der Waals surface area contributed by atoms with Crippen molar-refractivity contribution in [3.63, 3.8) is 0 Å². The highest BCUT2D eigenvalue weighted by molar-refractivity contribution is 6.31. The van der Waals surface area contributed by atoms with Gasteiger partial charge in [-0.15, -0.1) is 0 Å². The van der Waals surface area contributed by atoms with Crippen molar-refractivity contribution in [2.75, 3.05) is 39.3 Å². The van der Waals surface area contributed by atoms with Gasteiger partial charge in [0.2, 0.25) is 0 Å². The first-order valence-electron chi connectivity index (χ1n) is 12.2. The first kappa shape index (κ1) is 22.9. The van der Waals surface area contributed by atoms with E-state index in [2.05, 4.69) is 39.2 Å². The number of aliphatic imine (C=N–C) groups is 1. The van der Waals surface area contributed by atoms with E-state index in [9.17, 15) is 0 Å². The molecule has 4 nitrogen and oxygen atoms in total. The van der Waals surface area contributed by atoms with E-state index in [1.54, 1.807) is 0 Å². The van der Waals surface area contributed by atoms with Gasteiger partial charge < -0.3 is 0 Å². The lowest BCUT2D eigenvalue weighted by Crippen LogP contribution is -2.50. The van der Waals surface area contributed by atoms with Crippen LogP contribution in [0, 0.1) is 0 Å². The molecule has 0 saturated carbocycles. The van der Waals surface area contributed by atoms with Gasteiger partial charge in [0, 0.05) is 40.8 Å². The normalized spacial score (nSPS) is 20.8. The van der Waals surface area contributed by atoms with Gasteiger partial charge in [-0.2, -0.15) is 0 Å². The monoisotopic (exact) mass is 482 g/mol. The molecule has 0 aliphatic carbocycles. The molecule has 174 valence electrons. The summed E-state index contributed by atoms with van der Waals surface area (Å²) in [6.07, 6.45) is 7.71. The van der Waals surface area contributed by atoms with Crippen LogP contribution in [-0.2, 0) is 0 Å². The standard InChI is InChI=1S/C27H32Cl2N4/c28-23-11-7-21(8-12-23)26-27(22-9-13-24(29)14-10-22)33(32-17-5-2-6-18-32)20-25(30-26)19-31-15-3-1-4-16-31/h7-14H,1-6,15-20H2. The highest BCUT2D eigenvalue weighted by atomic mass is 35.5. The number of halogens is 2. The molecule has 3 aliphatic heterocycles. The van der Waals surface area contributed by atoms with Gasteiger partial charge >= 0.3 is 0 Å². The minimum atomic E-state index is 0.744. The molecule has 2 saturated heterocycles. The lowest BCUT2D eigenvalue weighted by molar-refractivity contribution is 0.0270. The molecular weight excluding hydrogens is 451 g/mol. The average Bonchev–Trinajstić information content (AvgIpc) is 2.86. The Morgan fingerprint density at radius 3 is 1.82 bits per heavy atom. The van der Waals surface area contributed by atoms with Crippen LogP contribution in [0.1, 0.15) is 49.7 Å². The van der Waals surface area contributed by atoms with Gasteiger partial charge in [-0.3, -0.25) is 14.9 Å². The second-order valence-corrected chi connectivity index (χ2v) is 10.2. The molecule has 3 heterocycles. The van der Waals surface area contributed by atoms with E-state index >= 15 is 0 Å². The molecule has 0 radical (unpaired) electrons. The van der Waals surface area contributed by atoms with Gasteiger partial charge in [0.05, 0.1) is 23.7 Å². The van der Waals surface area contributed by atoms with Crippen molar-refractivity contribution >= 4 is 40.3 Å². The molecule has 6 heteroatoms. The number of piperidine rings is 2. The molecular formula is C27H32Cl2N4. The number of likely N-dealkylation sites (tertiary alicyclic amines) is 1. The fraction of sp³-hybridized carbons (Fsp3) is 0.444. The number of nitrogens with zero attached hydrogens (tertiary/aromatic N) is 4. The fourth-order valence-corrected chi connectivity index (χ4v) is 5.40. The van der Waals surface area contributed by atoms with Crippen LogP contribution in [0.4, 0.5) is 0 Å². The summed E-state index contributed by atoms with van der Waals surface area (Å²) < 4.78 is 0. The minimum Gasteiger partial charge on any atom is -0.298 e. The number of benzene rings is 2. The molecule has 0 atom stereocenters. The second-order valence-electron chi connectivity index (χ2n) is 9.30. The quantitative estimate of drug-likeness (QED) is 0.487. The van der Waals surface area contributed by atoms with Crippen molar-refractivity contribution in [1.29, 1.82) is 0 Å². The predicted octanol–water partition coefficient (Wildman–Crippen LogP) is 6.46. The molecule has 33 heavy (non-hydrogen) atoms. The zero-order chi connectivity index (χ0) is 22.6. The number of hydrazine groups is 1. The van der Waals surface area contributed by atoms with Gasteiger partial charge in [-0.1, -0.05) is 60.3 Å².